The SMILES string of the molecule is CC1(C)c2cc(-c3ccccc3)c3ccccc3c2-c2c1cc(N(c1ccc(-c3ccccc3)cc1)c1ccc(-c3ccccc3)cc1)c1c2oc2ccccc21. The molecule has 1 heterocycles. The zero-order chi connectivity index (χ0) is 38.1. The maximum absolute atomic E-state index is 7.10. The molecule has 0 aliphatic heterocycles. The van der Waals surface area contributed by atoms with Gasteiger partial charge in [0.05, 0.1) is 11.1 Å². The third kappa shape index (κ3) is 5.25. The Labute approximate surface area is 332 Å². The lowest BCUT2D eigenvalue weighted by Crippen LogP contribution is -2.17. The van der Waals surface area contributed by atoms with Crippen molar-refractivity contribution in [3.8, 4) is 44.5 Å². The largest absolute Gasteiger partial charge is 0.455 e. The van der Waals surface area contributed by atoms with Crippen LogP contribution in [0.15, 0.2) is 205 Å². The second-order valence-corrected chi connectivity index (χ2v) is 15.7. The molecule has 0 radical (unpaired) electrons. The monoisotopic (exact) mass is 729 g/mol. The summed E-state index contributed by atoms with van der Waals surface area (Å²) in [4.78, 5) is 2.43. The normalized spacial score (nSPS) is 12.9. The number of anilines is 3. The highest BCUT2D eigenvalue weighted by molar-refractivity contribution is 6.22. The summed E-state index contributed by atoms with van der Waals surface area (Å²) >= 11 is 0. The zero-order valence-corrected chi connectivity index (χ0v) is 31.9. The summed E-state index contributed by atoms with van der Waals surface area (Å²) in [5, 5.41) is 4.72. The van der Waals surface area contributed by atoms with Crippen LogP contribution in [0.1, 0.15) is 25.0 Å². The summed E-state index contributed by atoms with van der Waals surface area (Å²) in [6.07, 6.45) is 0. The molecule has 11 rings (SSSR count). The number of furan rings is 1. The molecule has 0 saturated carbocycles. The van der Waals surface area contributed by atoms with E-state index in [0.29, 0.717) is 0 Å². The van der Waals surface area contributed by atoms with Gasteiger partial charge in [-0.3, -0.25) is 0 Å². The van der Waals surface area contributed by atoms with Crippen molar-refractivity contribution < 1.29 is 4.42 Å². The van der Waals surface area contributed by atoms with Gasteiger partial charge in [-0.25, -0.2) is 0 Å². The summed E-state index contributed by atoms with van der Waals surface area (Å²) in [7, 11) is 0. The van der Waals surface area contributed by atoms with Gasteiger partial charge >= 0.3 is 0 Å². The molecule has 0 fully saturated rings. The van der Waals surface area contributed by atoms with E-state index in [9.17, 15) is 0 Å². The van der Waals surface area contributed by atoms with Gasteiger partial charge in [0.25, 0.3) is 0 Å². The fourth-order valence-corrected chi connectivity index (χ4v) is 9.23. The number of benzene rings is 9. The number of hydrogen-bond acceptors (Lipinski definition) is 2. The maximum Gasteiger partial charge on any atom is 0.145 e. The second-order valence-electron chi connectivity index (χ2n) is 15.7. The molecule has 0 saturated heterocycles. The predicted octanol–water partition coefficient (Wildman–Crippen LogP) is 15.5. The molecule has 9 aromatic carbocycles. The van der Waals surface area contributed by atoms with E-state index in [2.05, 4.69) is 219 Å². The lowest BCUT2D eigenvalue weighted by atomic mass is 9.80. The first-order valence-corrected chi connectivity index (χ1v) is 19.8. The van der Waals surface area contributed by atoms with Gasteiger partial charge < -0.3 is 9.32 Å². The molecule has 0 N–H and O–H groups in total. The van der Waals surface area contributed by atoms with Crippen LogP contribution in [-0.4, -0.2) is 0 Å². The molecular formula is C55H39NO. The second kappa shape index (κ2) is 13.0. The van der Waals surface area contributed by atoms with Crippen molar-refractivity contribution in [2.24, 2.45) is 0 Å². The van der Waals surface area contributed by atoms with Crippen molar-refractivity contribution in [2.45, 2.75) is 19.3 Å². The first-order chi connectivity index (χ1) is 28.0. The highest BCUT2D eigenvalue weighted by atomic mass is 16.3. The average Bonchev–Trinajstić information content (AvgIpc) is 3.77. The van der Waals surface area contributed by atoms with Crippen LogP contribution in [0, 0.1) is 0 Å². The Bertz CT molecular complexity index is 3020. The third-order valence-corrected chi connectivity index (χ3v) is 12.1. The van der Waals surface area contributed by atoms with Crippen molar-refractivity contribution in [2.75, 3.05) is 4.90 Å². The Balaban J connectivity index is 1.20. The Morgan fingerprint density at radius 1 is 0.404 bits per heavy atom. The van der Waals surface area contributed by atoms with Crippen LogP contribution in [0.5, 0.6) is 0 Å². The van der Waals surface area contributed by atoms with Crippen LogP contribution in [0.3, 0.4) is 0 Å². The molecule has 2 nitrogen and oxygen atoms in total. The molecular weight excluding hydrogens is 691 g/mol. The van der Waals surface area contributed by atoms with Crippen LogP contribution >= 0.6 is 0 Å². The van der Waals surface area contributed by atoms with Crippen LogP contribution in [-0.2, 0) is 5.41 Å². The quantitative estimate of drug-likeness (QED) is 0.169. The topological polar surface area (TPSA) is 16.4 Å². The molecule has 1 aliphatic rings. The van der Waals surface area contributed by atoms with Gasteiger partial charge in [0.2, 0.25) is 0 Å². The fraction of sp³-hybridized carbons (Fsp3) is 0.0545. The Morgan fingerprint density at radius 3 is 1.44 bits per heavy atom. The van der Waals surface area contributed by atoms with Crippen LogP contribution < -0.4 is 4.90 Å². The van der Waals surface area contributed by atoms with Crippen molar-refractivity contribution in [1.29, 1.82) is 0 Å². The molecule has 57 heavy (non-hydrogen) atoms. The molecule has 0 amide bonds. The lowest BCUT2D eigenvalue weighted by molar-refractivity contribution is 0.653. The summed E-state index contributed by atoms with van der Waals surface area (Å²) < 4.78 is 7.10. The Kier molecular flexibility index (Phi) is 7.55. The molecule has 0 unspecified atom stereocenters. The highest BCUT2D eigenvalue weighted by Crippen LogP contribution is 2.59. The highest BCUT2D eigenvalue weighted by Gasteiger charge is 2.41. The van der Waals surface area contributed by atoms with E-state index in [4.69, 9.17) is 4.42 Å². The number of nitrogens with zero attached hydrogens (tertiary/aromatic N) is 1. The minimum absolute atomic E-state index is 0.319. The van der Waals surface area contributed by atoms with E-state index < -0.39 is 0 Å². The summed E-state index contributed by atoms with van der Waals surface area (Å²) in [6.45, 7) is 4.76. The van der Waals surface area contributed by atoms with Gasteiger partial charge in [-0.2, -0.15) is 0 Å². The fourth-order valence-electron chi connectivity index (χ4n) is 9.23. The van der Waals surface area contributed by atoms with E-state index in [1.54, 1.807) is 0 Å². The smallest absolute Gasteiger partial charge is 0.145 e. The average molecular weight is 730 g/mol. The first-order valence-electron chi connectivity index (χ1n) is 19.8. The molecule has 1 aliphatic carbocycles. The third-order valence-electron chi connectivity index (χ3n) is 12.1. The van der Waals surface area contributed by atoms with Gasteiger partial charge in [-0.15, -0.1) is 0 Å². The zero-order valence-electron chi connectivity index (χ0n) is 31.9. The van der Waals surface area contributed by atoms with Gasteiger partial charge in [0.15, 0.2) is 0 Å². The minimum atomic E-state index is -0.319. The van der Waals surface area contributed by atoms with Crippen LogP contribution in [0.2, 0.25) is 0 Å². The summed E-state index contributed by atoms with van der Waals surface area (Å²) in [5.74, 6) is 0. The van der Waals surface area contributed by atoms with Crippen molar-refractivity contribution in [1.82, 2.24) is 0 Å². The van der Waals surface area contributed by atoms with Crippen molar-refractivity contribution >= 4 is 49.8 Å². The Morgan fingerprint density at radius 2 is 0.860 bits per heavy atom. The standard InChI is InChI=1S/C55H39NO/c1-55(2)47-34-46(40-20-10-5-11-21-40)43-22-12-13-23-44(43)51(47)53-48(55)35-49(52-45-24-14-15-25-50(45)57-54(52)53)56(41-30-26-38(27-31-41)36-16-6-3-7-17-36)42-32-28-39(29-33-42)37-18-8-4-9-19-37/h3-35H,1-2H3. The molecule has 0 bridgehead atoms. The minimum Gasteiger partial charge on any atom is -0.455 e. The molecule has 1 aromatic heterocycles. The molecule has 270 valence electrons. The maximum atomic E-state index is 7.10. The van der Waals surface area contributed by atoms with E-state index in [1.165, 1.54) is 66.4 Å². The van der Waals surface area contributed by atoms with Gasteiger partial charge in [-0.1, -0.05) is 172 Å². The summed E-state index contributed by atoms with van der Waals surface area (Å²) in [6, 6.07) is 72.3. The first kappa shape index (κ1) is 33.2. The van der Waals surface area contributed by atoms with E-state index in [1.807, 2.05) is 0 Å². The van der Waals surface area contributed by atoms with Gasteiger partial charge in [0, 0.05) is 27.7 Å². The van der Waals surface area contributed by atoms with Gasteiger partial charge in [-0.05, 0) is 103 Å². The molecule has 0 spiro atoms. The van der Waals surface area contributed by atoms with Crippen molar-refractivity contribution in [3.63, 3.8) is 0 Å². The molecule has 2 heteroatoms. The molecule has 0 atom stereocenters. The van der Waals surface area contributed by atoms with E-state index in [0.717, 1.165) is 39.0 Å². The van der Waals surface area contributed by atoms with Gasteiger partial charge in [0.1, 0.15) is 11.2 Å². The number of fused-ring (bicyclic) bond motifs is 9. The molecule has 10 aromatic rings. The lowest BCUT2D eigenvalue weighted by Gasteiger charge is -2.29. The van der Waals surface area contributed by atoms with Crippen molar-refractivity contribution in [3.05, 3.63) is 211 Å². The van der Waals surface area contributed by atoms with Crippen LogP contribution in [0.25, 0.3) is 77.2 Å². The number of rotatable bonds is 6. The Hall–Kier alpha value is -7.16. The van der Waals surface area contributed by atoms with E-state index in [-0.39, 0.29) is 5.41 Å². The predicted molar refractivity (Wildman–Crippen MR) is 240 cm³/mol. The number of hydrogen-bond donors (Lipinski definition) is 0. The summed E-state index contributed by atoms with van der Waals surface area (Å²) in [5.41, 5.74) is 17.1. The van der Waals surface area contributed by atoms with E-state index >= 15 is 0 Å². The van der Waals surface area contributed by atoms with Crippen LogP contribution in [0.4, 0.5) is 17.1 Å². The number of para-hydroxylation sites is 1.